The Morgan fingerprint density at radius 1 is 1.15 bits per heavy atom. The molecule has 0 bridgehead atoms. The Morgan fingerprint density at radius 2 is 1.85 bits per heavy atom. The molecule has 1 amide bonds. The third-order valence-electron chi connectivity index (χ3n) is 4.82. The van der Waals surface area contributed by atoms with Gasteiger partial charge in [0.2, 0.25) is 0 Å². The van der Waals surface area contributed by atoms with Crippen molar-refractivity contribution >= 4 is 42.1 Å². The van der Waals surface area contributed by atoms with E-state index in [1.807, 2.05) is 17.0 Å². The lowest BCUT2D eigenvalue weighted by molar-refractivity contribution is 0.0709. The van der Waals surface area contributed by atoms with Gasteiger partial charge in [0.1, 0.15) is 9.88 Å². The zero-order chi connectivity index (χ0) is 16.4. The second-order valence-corrected chi connectivity index (χ2v) is 7.71. The van der Waals surface area contributed by atoms with Gasteiger partial charge in [-0.2, -0.15) is 0 Å². The van der Waals surface area contributed by atoms with Gasteiger partial charge in [-0.05, 0) is 50.3 Å². The van der Waals surface area contributed by atoms with Gasteiger partial charge in [-0.25, -0.2) is 4.98 Å². The molecule has 0 radical (unpaired) electrons. The van der Waals surface area contributed by atoms with Gasteiger partial charge in [0.15, 0.2) is 0 Å². The Bertz CT molecular complexity index is 700. The number of thiazole rings is 1. The van der Waals surface area contributed by atoms with Gasteiger partial charge in [-0.1, -0.05) is 0 Å². The Morgan fingerprint density at radius 3 is 2.50 bits per heavy atom. The van der Waals surface area contributed by atoms with Gasteiger partial charge in [0.25, 0.3) is 5.91 Å². The van der Waals surface area contributed by atoms with Crippen LogP contribution >= 0.6 is 36.2 Å². The van der Waals surface area contributed by atoms with E-state index in [0.29, 0.717) is 6.04 Å². The number of nitrogens with one attached hydrogen (secondary N) is 1. The summed E-state index contributed by atoms with van der Waals surface area (Å²) in [6.07, 6.45) is 10.1. The first-order valence-electron chi connectivity index (χ1n) is 8.68. The first-order valence-corrected chi connectivity index (χ1v) is 9.50. The highest BCUT2D eigenvalue weighted by Crippen LogP contribution is 2.28. The molecule has 2 aliphatic rings. The fourth-order valence-corrected chi connectivity index (χ4v) is 3.99. The first kappa shape index (κ1) is 21.1. The van der Waals surface area contributed by atoms with Gasteiger partial charge in [-0.15, -0.1) is 36.2 Å². The summed E-state index contributed by atoms with van der Waals surface area (Å²) >= 11 is 1.47. The molecule has 0 unspecified atom stereocenters. The Kier molecular flexibility index (Phi) is 7.83. The maximum absolute atomic E-state index is 12.7. The van der Waals surface area contributed by atoms with Gasteiger partial charge in [0, 0.05) is 37.1 Å². The second-order valence-electron chi connectivity index (χ2n) is 6.68. The number of pyridine rings is 1. The van der Waals surface area contributed by atoms with Crippen LogP contribution < -0.4 is 5.32 Å². The first-order chi connectivity index (χ1) is 11.8. The molecule has 5 nitrogen and oxygen atoms in total. The summed E-state index contributed by atoms with van der Waals surface area (Å²) in [5.41, 5.74) is 1.01. The number of hydrogen-bond donors (Lipinski definition) is 1. The number of halogens is 2. The van der Waals surface area contributed by atoms with Gasteiger partial charge < -0.3 is 10.2 Å². The number of rotatable bonds is 5. The second kappa shape index (κ2) is 9.65. The number of likely N-dealkylation sites (tertiary alicyclic amines) is 1. The van der Waals surface area contributed by atoms with E-state index >= 15 is 0 Å². The molecule has 8 heteroatoms. The highest BCUT2D eigenvalue weighted by molar-refractivity contribution is 7.16. The van der Waals surface area contributed by atoms with Crippen molar-refractivity contribution in [1.29, 1.82) is 0 Å². The molecular formula is C18H24Cl2N4OS. The van der Waals surface area contributed by atoms with E-state index in [0.717, 1.165) is 53.8 Å². The zero-order valence-corrected chi connectivity index (χ0v) is 16.9. The van der Waals surface area contributed by atoms with Crippen LogP contribution in [0, 0.1) is 5.92 Å². The molecule has 1 N–H and O–H groups in total. The van der Waals surface area contributed by atoms with E-state index in [2.05, 4.69) is 15.3 Å². The standard InChI is InChI=1S/C18H22N4OS.2ClH/c23-18(16-12-21-17(24-16)14-3-7-19-8-4-14)22-9-5-15(6-10-22)20-11-13-1-2-13;;/h3-4,7-8,12-13,15,20H,1-2,5-6,9-11H2;2*1H. The van der Waals surface area contributed by atoms with Crippen molar-refractivity contribution in [2.24, 2.45) is 5.92 Å². The maximum Gasteiger partial charge on any atom is 0.265 e. The SMILES string of the molecule is Cl.Cl.O=C(c1cnc(-c2ccncc2)s1)N1CCC(NCC2CC2)CC1. The monoisotopic (exact) mass is 414 g/mol. The predicted octanol–water partition coefficient (Wildman–Crippen LogP) is 3.65. The highest BCUT2D eigenvalue weighted by Gasteiger charge is 2.27. The summed E-state index contributed by atoms with van der Waals surface area (Å²) < 4.78 is 0. The minimum Gasteiger partial charge on any atom is -0.338 e. The van der Waals surface area contributed by atoms with Crippen LogP contribution in [-0.4, -0.2) is 46.5 Å². The van der Waals surface area contributed by atoms with Crippen LogP contribution in [0.1, 0.15) is 35.4 Å². The lowest BCUT2D eigenvalue weighted by Gasteiger charge is -2.32. The summed E-state index contributed by atoms with van der Waals surface area (Å²) in [6, 6.07) is 4.41. The van der Waals surface area contributed by atoms with E-state index in [-0.39, 0.29) is 30.7 Å². The molecular weight excluding hydrogens is 391 g/mol. The minimum absolute atomic E-state index is 0. The molecule has 0 atom stereocenters. The number of aromatic nitrogens is 2. The van der Waals surface area contributed by atoms with Gasteiger partial charge in [-0.3, -0.25) is 9.78 Å². The van der Waals surface area contributed by atoms with E-state index in [1.165, 1.54) is 24.2 Å². The Hall–Kier alpha value is -1.21. The number of carbonyl (C=O) groups is 1. The van der Waals surface area contributed by atoms with Crippen molar-refractivity contribution in [2.75, 3.05) is 19.6 Å². The molecule has 142 valence electrons. The predicted molar refractivity (Wildman–Crippen MR) is 109 cm³/mol. The van der Waals surface area contributed by atoms with Gasteiger partial charge >= 0.3 is 0 Å². The molecule has 26 heavy (non-hydrogen) atoms. The molecule has 2 aromatic heterocycles. The number of nitrogens with zero attached hydrogens (tertiary/aromatic N) is 3. The van der Waals surface area contributed by atoms with Gasteiger partial charge in [0.05, 0.1) is 6.20 Å². The van der Waals surface area contributed by atoms with Crippen LogP contribution in [0.15, 0.2) is 30.7 Å². The van der Waals surface area contributed by atoms with E-state index in [4.69, 9.17) is 0 Å². The highest BCUT2D eigenvalue weighted by atomic mass is 35.5. The Balaban J connectivity index is 0.00000121. The lowest BCUT2D eigenvalue weighted by Crippen LogP contribution is -2.45. The normalized spacial score (nSPS) is 17.3. The number of amides is 1. The van der Waals surface area contributed by atoms with E-state index in [9.17, 15) is 4.79 Å². The smallest absolute Gasteiger partial charge is 0.265 e. The summed E-state index contributed by atoms with van der Waals surface area (Å²) in [5.74, 6) is 1.03. The van der Waals surface area contributed by atoms with Crippen LogP contribution in [-0.2, 0) is 0 Å². The average Bonchev–Trinajstić information content (AvgIpc) is 3.34. The molecule has 2 aromatic rings. The number of piperidine rings is 1. The molecule has 0 aromatic carbocycles. The largest absolute Gasteiger partial charge is 0.338 e. The topological polar surface area (TPSA) is 58.1 Å². The fraction of sp³-hybridized carbons (Fsp3) is 0.500. The molecule has 1 saturated heterocycles. The van der Waals surface area contributed by atoms with Crippen LogP contribution in [0.25, 0.3) is 10.6 Å². The lowest BCUT2D eigenvalue weighted by atomic mass is 10.0. The van der Waals surface area contributed by atoms with Crippen molar-refractivity contribution in [3.63, 3.8) is 0 Å². The summed E-state index contributed by atoms with van der Waals surface area (Å²) in [5, 5.41) is 4.53. The number of hydrogen-bond acceptors (Lipinski definition) is 5. The third kappa shape index (κ3) is 5.16. The number of carbonyl (C=O) groups excluding carboxylic acids is 1. The van der Waals surface area contributed by atoms with Crippen molar-refractivity contribution < 1.29 is 4.79 Å². The molecule has 1 aliphatic carbocycles. The van der Waals surface area contributed by atoms with Crippen LogP contribution in [0.2, 0.25) is 0 Å². The quantitative estimate of drug-likeness (QED) is 0.810. The average molecular weight is 415 g/mol. The van der Waals surface area contributed by atoms with E-state index in [1.54, 1.807) is 18.6 Å². The van der Waals surface area contributed by atoms with Crippen LogP contribution in [0.4, 0.5) is 0 Å². The molecule has 4 rings (SSSR count). The summed E-state index contributed by atoms with van der Waals surface area (Å²) in [7, 11) is 0. The molecule has 3 heterocycles. The molecule has 0 spiro atoms. The molecule has 2 fully saturated rings. The Labute approximate surface area is 170 Å². The van der Waals surface area contributed by atoms with Crippen molar-refractivity contribution in [3.8, 4) is 10.6 Å². The minimum atomic E-state index is 0. The summed E-state index contributed by atoms with van der Waals surface area (Å²) in [6.45, 7) is 2.83. The van der Waals surface area contributed by atoms with Crippen molar-refractivity contribution in [1.82, 2.24) is 20.2 Å². The molecule has 1 aliphatic heterocycles. The third-order valence-corrected chi connectivity index (χ3v) is 5.85. The maximum atomic E-state index is 12.7. The molecule has 1 saturated carbocycles. The zero-order valence-electron chi connectivity index (χ0n) is 14.5. The van der Waals surface area contributed by atoms with E-state index < -0.39 is 0 Å². The van der Waals surface area contributed by atoms with Crippen molar-refractivity contribution in [3.05, 3.63) is 35.6 Å². The van der Waals surface area contributed by atoms with Crippen LogP contribution in [0.3, 0.4) is 0 Å². The van der Waals surface area contributed by atoms with Crippen LogP contribution in [0.5, 0.6) is 0 Å². The van der Waals surface area contributed by atoms with Crippen molar-refractivity contribution in [2.45, 2.75) is 31.7 Å². The fourth-order valence-electron chi connectivity index (χ4n) is 3.10. The summed E-state index contributed by atoms with van der Waals surface area (Å²) in [4.78, 5) is 23.8.